The van der Waals surface area contributed by atoms with Crippen molar-refractivity contribution in [3.63, 3.8) is 0 Å². The second-order valence-corrected chi connectivity index (χ2v) is 4.57. The van der Waals surface area contributed by atoms with Gasteiger partial charge in [-0.3, -0.25) is 9.89 Å². The van der Waals surface area contributed by atoms with Crippen molar-refractivity contribution in [1.29, 1.82) is 0 Å². The summed E-state index contributed by atoms with van der Waals surface area (Å²) >= 11 is 0. The molecule has 0 aromatic carbocycles. The van der Waals surface area contributed by atoms with Crippen LogP contribution in [0, 0.1) is 5.41 Å². The lowest BCUT2D eigenvalue weighted by Gasteiger charge is -2.34. The van der Waals surface area contributed by atoms with Crippen LogP contribution in [0.1, 0.15) is 32.1 Å². The highest BCUT2D eigenvalue weighted by atomic mass is 16.4. The van der Waals surface area contributed by atoms with E-state index < -0.39 is 5.41 Å². The number of rotatable bonds is 3. The summed E-state index contributed by atoms with van der Waals surface area (Å²) in [6, 6.07) is 0. The van der Waals surface area contributed by atoms with Crippen LogP contribution in [0.25, 0.3) is 0 Å². The fourth-order valence-corrected chi connectivity index (χ4v) is 2.42. The Kier molecular flexibility index (Phi) is 3.50. The van der Waals surface area contributed by atoms with Crippen LogP contribution in [0.3, 0.4) is 0 Å². The summed E-state index contributed by atoms with van der Waals surface area (Å²) in [5, 5.41) is 21.1. The van der Waals surface area contributed by atoms with Crippen LogP contribution in [0.2, 0.25) is 0 Å². The van der Waals surface area contributed by atoms with Gasteiger partial charge in [-0.1, -0.05) is 24.4 Å². The zero-order valence-corrected chi connectivity index (χ0v) is 10.0. The first-order valence-corrected chi connectivity index (χ1v) is 5.97. The molecule has 0 atom stereocenters. The minimum absolute atomic E-state index is 0.0109. The summed E-state index contributed by atoms with van der Waals surface area (Å²) in [7, 11) is 0. The van der Waals surface area contributed by atoms with E-state index in [1.165, 1.54) is 6.20 Å². The van der Waals surface area contributed by atoms with Crippen molar-refractivity contribution >= 4 is 17.4 Å². The molecular weight excluding hydrogens is 234 g/mol. The maximum Gasteiger partial charge on any atom is 0.238 e. The van der Waals surface area contributed by atoms with Crippen LogP contribution >= 0.6 is 0 Å². The smallest absolute Gasteiger partial charge is 0.238 e. The van der Waals surface area contributed by atoms with Crippen LogP contribution in [0.4, 0.5) is 5.69 Å². The number of aromatic amines is 1. The Morgan fingerprint density at radius 1 is 1.50 bits per heavy atom. The van der Waals surface area contributed by atoms with Crippen LogP contribution in [-0.2, 0) is 4.79 Å². The Morgan fingerprint density at radius 2 is 2.22 bits per heavy atom. The number of amidine groups is 1. The average molecular weight is 251 g/mol. The Hall–Kier alpha value is -2.05. The van der Waals surface area contributed by atoms with Crippen LogP contribution < -0.4 is 11.1 Å². The van der Waals surface area contributed by atoms with E-state index in [2.05, 4.69) is 20.7 Å². The van der Waals surface area contributed by atoms with Crippen molar-refractivity contribution in [3.8, 4) is 0 Å². The second-order valence-electron chi connectivity index (χ2n) is 4.57. The number of aromatic nitrogens is 2. The maximum atomic E-state index is 12.4. The molecule has 7 nitrogen and oxygen atoms in total. The largest absolute Gasteiger partial charge is 0.409 e. The number of H-pyrrole nitrogens is 1. The summed E-state index contributed by atoms with van der Waals surface area (Å²) in [6.07, 6.45) is 7.17. The summed E-state index contributed by atoms with van der Waals surface area (Å²) in [5.74, 6) is -0.248. The predicted molar refractivity (Wildman–Crippen MR) is 66.1 cm³/mol. The summed E-state index contributed by atoms with van der Waals surface area (Å²) < 4.78 is 0. The first-order valence-electron chi connectivity index (χ1n) is 5.97. The molecular formula is C11H17N5O2. The van der Waals surface area contributed by atoms with Gasteiger partial charge in [0, 0.05) is 6.20 Å². The van der Waals surface area contributed by atoms with E-state index in [0.717, 1.165) is 19.3 Å². The number of nitrogens with one attached hydrogen (secondary N) is 2. The number of carbonyl (C=O) groups is 1. The third-order valence-corrected chi connectivity index (χ3v) is 3.50. The third kappa shape index (κ3) is 2.15. The molecule has 2 rings (SSSR count). The van der Waals surface area contributed by atoms with Gasteiger partial charge in [-0.15, -0.1) is 0 Å². The number of anilines is 1. The quantitative estimate of drug-likeness (QED) is 0.278. The lowest BCUT2D eigenvalue weighted by atomic mass is 9.72. The van der Waals surface area contributed by atoms with E-state index in [9.17, 15) is 4.79 Å². The standard InChI is InChI=1S/C11H17N5O2/c12-9(16-18)11(4-2-1-3-5-11)10(17)15-8-6-13-14-7-8/h6-7,18H,1-5H2,(H2,12,16)(H,13,14)(H,15,17). The normalized spacial score (nSPS) is 19.4. The van der Waals surface area contributed by atoms with E-state index >= 15 is 0 Å². The van der Waals surface area contributed by atoms with Crippen molar-refractivity contribution < 1.29 is 10.0 Å². The molecule has 1 heterocycles. The van der Waals surface area contributed by atoms with Crippen molar-refractivity contribution in [2.45, 2.75) is 32.1 Å². The lowest BCUT2D eigenvalue weighted by molar-refractivity contribution is -0.123. The zero-order chi connectivity index (χ0) is 13.0. The van der Waals surface area contributed by atoms with Crippen LogP contribution in [0.5, 0.6) is 0 Å². The molecule has 0 radical (unpaired) electrons. The van der Waals surface area contributed by atoms with E-state index in [1.807, 2.05) is 0 Å². The first-order chi connectivity index (χ1) is 8.69. The average Bonchev–Trinajstić information content (AvgIpc) is 2.91. The SMILES string of the molecule is NC(=NO)C1(C(=O)Nc2cn[nH]c2)CCCCC1. The van der Waals surface area contributed by atoms with Gasteiger partial charge in [-0.2, -0.15) is 5.10 Å². The number of nitrogens with two attached hydrogens (primary N) is 1. The molecule has 98 valence electrons. The Morgan fingerprint density at radius 3 is 2.78 bits per heavy atom. The highest BCUT2D eigenvalue weighted by Gasteiger charge is 2.43. The summed E-state index contributed by atoms with van der Waals surface area (Å²) in [6.45, 7) is 0. The molecule has 0 aliphatic heterocycles. The van der Waals surface area contributed by atoms with E-state index in [1.54, 1.807) is 6.20 Å². The van der Waals surface area contributed by atoms with E-state index in [4.69, 9.17) is 10.9 Å². The number of amides is 1. The predicted octanol–water partition coefficient (Wildman–Crippen LogP) is 1.05. The molecule has 0 spiro atoms. The van der Waals surface area contributed by atoms with Gasteiger partial charge >= 0.3 is 0 Å². The Bertz CT molecular complexity index is 434. The van der Waals surface area contributed by atoms with Crippen molar-refractivity contribution in [3.05, 3.63) is 12.4 Å². The molecule has 0 bridgehead atoms. The van der Waals surface area contributed by atoms with Crippen molar-refractivity contribution in [1.82, 2.24) is 10.2 Å². The molecule has 1 fully saturated rings. The molecule has 1 aromatic rings. The summed E-state index contributed by atoms with van der Waals surface area (Å²) in [5.41, 5.74) is 5.41. The van der Waals surface area contributed by atoms with Gasteiger partial charge in [0.15, 0.2) is 5.84 Å². The molecule has 1 aliphatic carbocycles. The number of nitrogens with zero attached hydrogens (tertiary/aromatic N) is 2. The Labute approximate surface area is 104 Å². The fraction of sp³-hybridized carbons (Fsp3) is 0.545. The third-order valence-electron chi connectivity index (χ3n) is 3.50. The van der Waals surface area contributed by atoms with E-state index in [-0.39, 0.29) is 11.7 Å². The first kappa shape index (κ1) is 12.4. The fourth-order valence-electron chi connectivity index (χ4n) is 2.42. The van der Waals surface area contributed by atoms with Gasteiger partial charge in [0.05, 0.1) is 11.9 Å². The van der Waals surface area contributed by atoms with Crippen molar-refractivity contribution in [2.24, 2.45) is 16.3 Å². The molecule has 1 saturated carbocycles. The van der Waals surface area contributed by atoms with Gasteiger partial charge in [-0.05, 0) is 12.8 Å². The number of hydrogen-bond donors (Lipinski definition) is 4. The minimum atomic E-state index is -0.899. The molecule has 1 aliphatic rings. The number of carbonyl (C=O) groups excluding carboxylic acids is 1. The molecule has 7 heteroatoms. The van der Waals surface area contributed by atoms with Gasteiger partial charge in [-0.25, -0.2) is 0 Å². The molecule has 1 amide bonds. The highest BCUT2D eigenvalue weighted by Crippen LogP contribution is 2.37. The van der Waals surface area contributed by atoms with E-state index in [0.29, 0.717) is 18.5 Å². The number of hydrogen-bond acceptors (Lipinski definition) is 4. The molecule has 0 unspecified atom stereocenters. The minimum Gasteiger partial charge on any atom is -0.409 e. The van der Waals surface area contributed by atoms with Gasteiger partial charge in [0.1, 0.15) is 5.41 Å². The lowest BCUT2D eigenvalue weighted by Crippen LogP contribution is -2.48. The second kappa shape index (κ2) is 5.07. The van der Waals surface area contributed by atoms with Crippen molar-refractivity contribution in [2.75, 3.05) is 5.32 Å². The molecule has 1 aromatic heterocycles. The zero-order valence-electron chi connectivity index (χ0n) is 10.0. The molecule has 5 N–H and O–H groups in total. The van der Waals surface area contributed by atoms with Gasteiger partial charge in [0.2, 0.25) is 5.91 Å². The Balaban J connectivity index is 2.21. The van der Waals surface area contributed by atoms with Crippen LogP contribution in [-0.4, -0.2) is 27.1 Å². The van der Waals surface area contributed by atoms with Crippen LogP contribution in [0.15, 0.2) is 17.5 Å². The number of oxime groups is 1. The molecule has 18 heavy (non-hydrogen) atoms. The highest BCUT2D eigenvalue weighted by molar-refractivity contribution is 6.11. The topological polar surface area (TPSA) is 116 Å². The van der Waals surface area contributed by atoms with Gasteiger partial charge < -0.3 is 16.3 Å². The summed E-state index contributed by atoms with van der Waals surface area (Å²) in [4.78, 5) is 12.4. The monoisotopic (exact) mass is 251 g/mol. The maximum absolute atomic E-state index is 12.4. The van der Waals surface area contributed by atoms with Gasteiger partial charge in [0.25, 0.3) is 0 Å². The molecule has 0 saturated heterocycles.